The van der Waals surface area contributed by atoms with E-state index in [1.807, 2.05) is 0 Å². The number of aryl methyl sites for hydroxylation is 1. The van der Waals surface area contributed by atoms with Crippen molar-refractivity contribution in [1.29, 1.82) is 0 Å². The van der Waals surface area contributed by atoms with Crippen molar-refractivity contribution in [3.63, 3.8) is 0 Å². The van der Waals surface area contributed by atoms with Crippen LogP contribution >= 0.6 is 28.6 Å². The van der Waals surface area contributed by atoms with Crippen molar-refractivity contribution in [1.82, 2.24) is 9.97 Å². The Morgan fingerprint density at radius 1 is 1.73 bits per heavy atom. The molecule has 1 aromatic heterocycles. The van der Waals surface area contributed by atoms with E-state index in [1.54, 1.807) is 6.92 Å². The minimum absolute atomic E-state index is 0.306. The topological polar surface area (TPSA) is 42.9 Å². The molecular weight excluding hydrogens is 228 g/mol. The number of halogens is 1. The molecule has 1 aromatic rings. The fourth-order valence-electron chi connectivity index (χ4n) is 0.605. The van der Waals surface area contributed by atoms with Crippen LogP contribution in [0.1, 0.15) is 16.3 Å². The maximum atomic E-state index is 10.8. The molecule has 0 bridgehead atoms. The van der Waals surface area contributed by atoms with Crippen LogP contribution in [0.15, 0.2) is 10.7 Å². The number of hydrogen-bond acceptors (Lipinski definition) is 3. The van der Waals surface area contributed by atoms with Gasteiger partial charge in [0, 0.05) is 6.20 Å². The van der Waals surface area contributed by atoms with Gasteiger partial charge in [0.15, 0.2) is 0 Å². The van der Waals surface area contributed by atoms with Gasteiger partial charge in [0.1, 0.15) is 11.5 Å². The van der Waals surface area contributed by atoms with Gasteiger partial charge in [-0.1, -0.05) is 12.6 Å². The molecule has 0 saturated heterocycles. The summed E-state index contributed by atoms with van der Waals surface area (Å²) in [4.78, 5) is 18.5. The minimum atomic E-state index is -0.359. The Morgan fingerprint density at radius 2 is 2.36 bits per heavy atom. The third kappa shape index (κ3) is 2.00. The molecule has 0 aromatic carbocycles. The number of hydrogen-bond donors (Lipinski definition) is 1. The molecule has 0 aliphatic heterocycles. The van der Waals surface area contributed by atoms with Crippen LogP contribution in [0.3, 0.4) is 0 Å². The van der Waals surface area contributed by atoms with Gasteiger partial charge in [-0.05, 0) is 22.9 Å². The zero-order chi connectivity index (χ0) is 8.43. The Morgan fingerprint density at radius 3 is 2.82 bits per heavy atom. The van der Waals surface area contributed by atoms with Gasteiger partial charge < -0.3 is 0 Å². The largest absolute Gasteiger partial charge is 0.280 e. The second-order valence-electron chi connectivity index (χ2n) is 1.92. The monoisotopic (exact) mass is 232 g/mol. The van der Waals surface area contributed by atoms with E-state index in [-0.39, 0.29) is 5.12 Å². The minimum Gasteiger partial charge on any atom is -0.280 e. The van der Waals surface area contributed by atoms with E-state index < -0.39 is 0 Å². The summed E-state index contributed by atoms with van der Waals surface area (Å²) in [6.45, 7) is 1.71. The second kappa shape index (κ2) is 3.32. The van der Waals surface area contributed by atoms with E-state index in [4.69, 9.17) is 0 Å². The van der Waals surface area contributed by atoms with Crippen molar-refractivity contribution in [2.75, 3.05) is 0 Å². The van der Waals surface area contributed by atoms with Gasteiger partial charge in [-0.15, -0.1) is 0 Å². The molecule has 1 rings (SSSR count). The summed E-state index contributed by atoms with van der Waals surface area (Å²) in [5.41, 5.74) is 0.306. The van der Waals surface area contributed by atoms with Gasteiger partial charge in [-0.3, -0.25) is 4.79 Å². The van der Waals surface area contributed by atoms with Crippen LogP contribution in [-0.2, 0) is 0 Å². The van der Waals surface area contributed by atoms with Gasteiger partial charge >= 0.3 is 0 Å². The smallest absolute Gasteiger partial charge is 0.236 e. The van der Waals surface area contributed by atoms with E-state index in [0.29, 0.717) is 16.0 Å². The SMILES string of the molecule is Cc1ncc(Br)c(C(=O)S)n1. The average molecular weight is 233 g/mol. The quantitative estimate of drug-likeness (QED) is 0.749. The molecule has 0 unspecified atom stereocenters. The Bertz CT molecular complexity index is 303. The van der Waals surface area contributed by atoms with Gasteiger partial charge in [-0.25, -0.2) is 9.97 Å². The molecule has 1 heterocycles. The molecule has 0 N–H and O–H groups in total. The molecule has 0 saturated carbocycles. The lowest BCUT2D eigenvalue weighted by molar-refractivity contribution is 0.108. The fourth-order valence-corrected chi connectivity index (χ4v) is 1.30. The van der Waals surface area contributed by atoms with E-state index in [0.717, 1.165) is 0 Å². The number of rotatable bonds is 1. The molecule has 0 spiro atoms. The molecule has 0 radical (unpaired) electrons. The summed E-state index contributed by atoms with van der Waals surface area (Å²) in [5, 5.41) is -0.359. The zero-order valence-corrected chi connectivity index (χ0v) is 8.19. The lowest BCUT2D eigenvalue weighted by Gasteiger charge is -1.97. The van der Waals surface area contributed by atoms with E-state index >= 15 is 0 Å². The summed E-state index contributed by atoms with van der Waals surface area (Å²) in [6, 6.07) is 0. The Balaban J connectivity index is 3.23. The second-order valence-corrected chi connectivity index (χ2v) is 3.18. The number of thiol groups is 1. The van der Waals surface area contributed by atoms with Crippen LogP contribution in [0.4, 0.5) is 0 Å². The van der Waals surface area contributed by atoms with Crippen LogP contribution in [0.5, 0.6) is 0 Å². The molecule has 3 nitrogen and oxygen atoms in total. The number of carbonyl (C=O) groups excluding carboxylic acids is 1. The van der Waals surface area contributed by atoms with E-state index in [2.05, 4.69) is 38.5 Å². The molecule has 0 atom stereocenters. The predicted molar refractivity (Wildman–Crippen MR) is 47.8 cm³/mol. The number of nitrogens with zero attached hydrogens (tertiary/aromatic N) is 2. The molecule has 0 amide bonds. The highest BCUT2D eigenvalue weighted by atomic mass is 79.9. The summed E-state index contributed by atoms with van der Waals surface area (Å²) in [7, 11) is 0. The van der Waals surface area contributed by atoms with E-state index in [9.17, 15) is 4.79 Å². The Labute approximate surface area is 77.8 Å². The lowest BCUT2D eigenvalue weighted by Crippen LogP contribution is -1.99. The average Bonchev–Trinajstić information content (AvgIpc) is 1.94. The van der Waals surface area contributed by atoms with Crippen LogP contribution < -0.4 is 0 Å². The highest BCUT2D eigenvalue weighted by Gasteiger charge is 2.07. The van der Waals surface area contributed by atoms with Crippen molar-refractivity contribution in [3.8, 4) is 0 Å². The third-order valence-electron chi connectivity index (χ3n) is 1.07. The first-order valence-electron chi connectivity index (χ1n) is 2.83. The molecule has 11 heavy (non-hydrogen) atoms. The zero-order valence-electron chi connectivity index (χ0n) is 5.71. The van der Waals surface area contributed by atoms with Crippen molar-refractivity contribution in [2.24, 2.45) is 0 Å². The van der Waals surface area contributed by atoms with Gasteiger partial charge in [-0.2, -0.15) is 0 Å². The predicted octanol–water partition coefficient (Wildman–Crippen LogP) is 1.62. The van der Waals surface area contributed by atoms with Crippen LogP contribution in [0.2, 0.25) is 0 Å². The number of carbonyl (C=O) groups is 1. The van der Waals surface area contributed by atoms with Crippen molar-refractivity contribution >= 4 is 33.7 Å². The van der Waals surface area contributed by atoms with Gasteiger partial charge in [0.25, 0.3) is 0 Å². The molecule has 5 heteroatoms. The third-order valence-corrected chi connectivity index (χ3v) is 1.86. The highest BCUT2D eigenvalue weighted by molar-refractivity contribution is 9.10. The molecule has 0 aliphatic carbocycles. The van der Waals surface area contributed by atoms with Crippen molar-refractivity contribution < 1.29 is 4.79 Å². The Hall–Kier alpha value is -0.420. The maximum absolute atomic E-state index is 10.8. The fraction of sp³-hybridized carbons (Fsp3) is 0.167. The van der Waals surface area contributed by atoms with Crippen LogP contribution in [-0.4, -0.2) is 15.1 Å². The first-order valence-corrected chi connectivity index (χ1v) is 4.07. The lowest BCUT2D eigenvalue weighted by atomic mass is 10.4. The maximum Gasteiger partial charge on any atom is 0.236 e. The molecule has 0 aliphatic rings. The number of aromatic nitrogens is 2. The van der Waals surface area contributed by atoms with Gasteiger partial charge in [0.2, 0.25) is 5.12 Å². The molecule has 0 fully saturated rings. The van der Waals surface area contributed by atoms with E-state index in [1.165, 1.54) is 6.20 Å². The standard InChI is InChI=1S/C6H5BrN2OS/c1-3-8-2-4(7)5(9-3)6(10)11/h2H,1H3,(H,10,11). The first-order chi connectivity index (χ1) is 5.11. The summed E-state index contributed by atoms with van der Waals surface area (Å²) >= 11 is 6.78. The normalized spacial score (nSPS) is 9.73. The van der Waals surface area contributed by atoms with Crippen molar-refractivity contribution in [3.05, 3.63) is 22.2 Å². The molecular formula is C6H5BrN2OS. The summed E-state index contributed by atoms with van der Waals surface area (Å²) < 4.78 is 0.572. The highest BCUT2D eigenvalue weighted by Crippen LogP contribution is 2.14. The van der Waals surface area contributed by atoms with Crippen molar-refractivity contribution in [2.45, 2.75) is 6.92 Å². The Kier molecular flexibility index (Phi) is 2.62. The molecule has 58 valence electrons. The van der Waals surface area contributed by atoms with Crippen LogP contribution in [0, 0.1) is 6.92 Å². The summed E-state index contributed by atoms with van der Waals surface area (Å²) in [6.07, 6.45) is 1.53. The first kappa shape index (κ1) is 8.67. The summed E-state index contributed by atoms with van der Waals surface area (Å²) in [5.74, 6) is 0.561. The van der Waals surface area contributed by atoms with Gasteiger partial charge in [0.05, 0.1) is 4.47 Å². The van der Waals surface area contributed by atoms with Crippen LogP contribution in [0.25, 0.3) is 0 Å².